The molecule has 0 fully saturated rings. The molecule has 2 rings (SSSR count). The topological polar surface area (TPSA) is 137 Å². The van der Waals surface area contributed by atoms with Crippen LogP contribution in [0.3, 0.4) is 0 Å². The highest BCUT2D eigenvalue weighted by atomic mass is 32.3. The molecule has 0 radical (unpaired) electrons. The van der Waals surface area contributed by atoms with Gasteiger partial charge in [-0.05, 0) is 30.7 Å². The van der Waals surface area contributed by atoms with Crippen LogP contribution in [0, 0.1) is 0 Å². The number of hydrogen-bond acceptors (Lipinski definition) is 8. The van der Waals surface area contributed by atoms with Gasteiger partial charge in [-0.3, -0.25) is 0 Å². The fourth-order valence-electron chi connectivity index (χ4n) is 2.48. The molecule has 0 saturated carbocycles. The predicted molar refractivity (Wildman–Crippen MR) is 109 cm³/mol. The van der Waals surface area contributed by atoms with E-state index in [1.165, 1.54) is 48.5 Å². The van der Waals surface area contributed by atoms with Gasteiger partial charge in [-0.1, -0.05) is 36.4 Å². The Morgan fingerprint density at radius 2 is 0.793 bits per heavy atom. The van der Waals surface area contributed by atoms with E-state index in [2.05, 4.69) is 0 Å². The molecule has 0 amide bonds. The van der Waals surface area contributed by atoms with E-state index in [1.807, 2.05) is 0 Å². The van der Waals surface area contributed by atoms with E-state index in [9.17, 15) is 33.7 Å². The highest BCUT2D eigenvalue weighted by molar-refractivity contribution is 8.08. The second kappa shape index (κ2) is 8.94. The van der Waals surface area contributed by atoms with Gasteiger partial charge in [0.25, 0.3) is 0 Å². The Hall–Kier alpha value is -1.76. The zero-order valence-electron chi connectivity index (χ0n) is 15.2. The van der Waals surface area contributed by atoms with Crippen LogP contribution in [0.5, 0.6) is 0 Å². The summed E-state index contributed by atoms with van der Waals surface area (Å²) in [4.78, 5) is -0.296. The normalized spacial score (nSPS) is 13.2. The van der Waals surface area contributed by atoms with Crippen molar-refractivity contribution in [1.82, 2.24) is 0 Å². The molecule has 0 aliphatic heterocycles. The molecule has 12 heteroatoms. The fourth-order valence-corrected chi connectivity index (χ4v) is 10.8. The summed E-state index contributed by atoms with van der Waals surface area (Å²) in [5.41, 5.74) is 0. The zero-order valence-corrected chi connectivity index (χ0v) is 18.5. The maximum Gasteiger partial charge on any atom is 0.192 e. The quantitative estimate of drug-likeness (QED) is 0.492. The van der Waals surface area contributed by atoms with Crippen molar-refractivity contribution >= 4 is 39.3 Å². The molecule has 2 aromatic rings. The van der Waals surface area contributed by atoms with Gasteiger partial charge in [0.1, 0.15) is 0 Å². The Morgan fingerprint density at radius 1 is 0.483 bits per heavy atom. The molecule has 0 bridgehead atoms. The van der Waals surface area contributed by atoms with Gasteiger partial charge in [0.05, 0.1) is 21.3 Å². The van der Waals surface area contributed by atoms with E-state index in [-0.39, 0.29) is 9.79 Å². The van der Waals surface area contributed by atoms with Crippen molar-refractivity contribution in [2.24, 2.45) is 0 Å². The molecule has 0 aliphatic carbocycles. The summed E-state index contributed by atoms with van der Waals surface area (Å²) in [7, 11) is -16.4. The standard InChI is InChI=1S/C17H20O8S4/c18-26(19,14-28(22,23)16-8-3-1-4-9-16)12-7-13-27(20,21)15-29(24,25)17-10-5-2-6-11-17/h1-6,8-11H,7,12-15H2. The molecule has 2 aromatic carbocycles. The minimum Gasteiger partial charge on any atom is -0.228 e. The summed E-state index contributed by atoms with van der Waals surface area (Å²) in [6, 6.07) is 14.1. The lowest BCUT2D eigenvalue weighted by Gasteiger charge is -2.08. The van der Waals surface area contributed by atoms with E-state index < -0.39 is 67.4 Å². The van der Waals surface area contributed by atoms with Crippen LogP contribution in [0.15, 0.2) is 70.5 Å². The Bertz CT molecular complexity index is 1150. The molecule has 8 nitrogen and oxygen atoms in total. The maximum atomic E-state index is 12.2. The lowest BCUT2D eigenvalue weighted by atomic mass is 10.4. The monoisotopic (exact) mass is 480 g/mol. The Balaban J connectivity index is 1.99. The molecular formula is C17H20O8S4. The SMILES string of the molecule is O=S(=O)(CCCS(=O)(=O)CS(=O)(=O)c1ccccc1)CS(=O)(=O)c1ccccc1. The summed E-state index contributed by atoms with van der Waals surface area (Å²) >= 11 is 0. The first-order chi connectivity index (χ1) is 13.3. The first kappa shape index (κ1) is 23.5. The molecule has 0 spiro atoms. The predicted octanol–water partition coefficient (Wildman–Crippen LogP) is 1.07. The molecule has 0 aromatic heterocycles. The summed E-state index contributed by atoms with van der Waals surface area (Å²) in [5, 5.41) is -2.29. The molecule has 0 heterocycles. The molecule has 160 valence electrons. The molecule has 0 aliphatic rings. The lowest BCUT2D eigenvalue weighted by molar-refractivity contribution is 0.587. The van der Waals surface area contributed by atoms with E-state index in [4.69, 9.17) is 0 Å². The second-order valence-corrected chi connectivity index (χ2v) is 15.4. The highest BCUT2D eigenvalue weighted by Gasteiger charge is 2.27. The van der Waals surface area contributed by atoms with Gasteiger partial charge in [-0.25, -0.2) is 33.7 Å². The molecule has 29 heavy (non-hydrogen) atoms. The van der Waals surface area contributed by atoms with E-state index in [0.717, 1.165) is 0 Å². The fraction of sp³-hybridized carbons (Fsp3) is 0.294. The highest BCUT2D eigenvalue weighted by Crippen LogP contribution is 2.15. The van der Waals surface area contributed by atoms with Crippen molar-refractivity contribution in [3.8, 4) is 0 Å². The number of sulfone groups is 4. The van der Waals surface area contributed by atoms with Gasteiger partial charge >= 0.3 is 0 Å². The third-order valence-electron chi connectivity index (χ3n) is 3.78. The average Bonchev–Trinajstić information content (AvgIpc) is 2.61. The van der Waals surface area contributed by atoms with Crippen molar-refractivity contribution in [2.45, 2.75) is 16.2 Å². The summed E-state index contributed by atoms with van der Waals surface area (Å²) in [5.74, 6) is -1.38. The first-order valence-electron chi connectivity index (χ1n) is 8.29. The third kappa shape index (κ3) is 7.21. The van der Waals surface area contributed by atoms with Crippen LogP contribution in [0.4, 0.5) is 0 Å². The maximum absolute atomic E-state index is 12.2. The zero-order chi connectivity index (χ0) is 21.8. The Labute approximate surface area is 171 Å². The van der Waals surface area contributed by atoms with Gasteiger partial charge in [0.2, 0.25) is 0 Å². The van der Waals surface area contributed by atoms with Crippen LogP contribution in [0.2, 0.25) is 0 Å². The van der Waals surface area contributed by atoms with E-state index in [1.54, 1.807) is 12.1 Å². The molecule has 0 atom stereocenters. The van der Waals surface area contributed by atoms with E-state index >= 15 is 0 Å². The van der Waals surface area contributed by atoms with Gasteiger partial charge in [-0.2, -0.15) is 0 Å². The van der Waals surface area contributed by atoms with Crippen LogP contribution in [0.1, 0.15) is 6.42 Å². The third-order valence-corrected chi connectivity index (χ3v) is 12.9. The molecule has 0 unspecified atom stereocenters. The molecule has 0 N–H and O–H groups in total. The van der Waals surface area contributed by atoms with Crippen LogP contribution < -0.4 is 0 Å². The van der Waals surface area contributed by atoms with Crippen LogP contribution in [0.25, 0.3) is 0 Å². The first-order valence-corrected chi connectivity index (χ1v) is 15.2. The van der Waals surface area contributed by atoms with Gasteiger partial charge in [0.15, 0.2) is 49.5 Å². The average molecular weight is 481 g/mol. The summed E-state index contributed by atoms with van der Waals surface area (Å²) in [6.45, 7) is 0. The van der Waals surface area contributed by atoms with Crippen LogP contribution >= 0.6 is 0 Å². The van der Waals surface area contributed by atoms with Crippen molar-refractivity contribution in [3.05, 3.63) is 60.7 Å². The minimum absolute atomic E-state index is 0.148. The van der Waals surface area contributed by atoms with Crippen LogP contribution in [-0.4, -0.2) is 55.3 Å². The molecule has 0 saturated heterocycles. The second-order valence-electron chi connectivity index (χ2n) is 6.34. The van der Waals surface area contributed by atoms with Gasteiger partial charge in [-0.15, -0.1) is 0 Å². The molecular weight excluding hydrogens is 460 g/mol. The largest absolute Gasteiger partial charge is 0.228 e. The van der Waals surface area contributed by atoms with Crippen molar-refractivity contribution in [2.75, 3.05) is 21.7 Å². The van der Waals surface area contributed by atoms with Crippen molar-refractivity contribution < 1.29 is 33.7 Å². The van der Waals surface area contributed by atoms with Crippen molar-refractivity contribution in [3.63, 3.8) is 0 Å². The van der Waals surface area contributed by atoms with Crippen LogP contribution in [-0.2, 0) is 39.3 Å². The minimum atomic E-state index is -4.11. The Morgan fingerprint density at radius 3 is 1.10 bits per heavy atom. The lowest BCUT2D eigenvalue weighted by Crippen LogP contribution is -2.23. The van der Waals surface area contributed by atoms with Gasteiger partial charge in [0, 0.05) is 0 Å². The van der Waals surface area contributed by atoms with E-state index in [0.29, 0.717) is 0 Å². The van der Waals surface area contributed by atoms with Gasteiger partial charge < -0.3 is 0 Å². The Kier molecular flexibility index (Phi) is 7.25. The number of rotatable bonds is 10. The summed E-state index contributed by atoms with van der Waals surface area (Å²) in [6.07, 6.45) is -0.403. The smallest absolute Gasteiger partial charge is 0.192 e. The number of hydrogen-bond donors (Lipinski definition) is 0. The van der Waals surface area contributed by atoms with Crippen molar-refractivity contribution in [1.29, 1.82) is 0 Å². The number of benzene rings is 2. The summed E-state index contributed by atoms with van der Waals surface area (Å²) < 4.78 is 97.2.